The molecule has 0 aliphatic heterocycles. The number of halogens is 1. The molecule has 0 spiro atoms. The summed E-state index contributed by atoms with van der Waals surface area (Å²) in [5, 5.41) is 2.44. The van der Waals surface area contributed by atoms with E-state index in [-0.39, 0.29) is 28.8 Å². The number of carbonyl (C=O) groups is 1. The molecule has 108 valence electrons. The minimum atomic E-state index is -3.43. The van der Waals surface area contributed by atoms with E-state index in [1.54, 1.807) is 0 Å². The summed E-state index contributed by atoms with van der Waals surface area (Å²) in [4.78, 5) is 11.8. The Balaban J connectivity index is 2.12. The van der Waals surface area contributed by atoms with Crippen LogP contribution < -0.4 is 5.32 Å². The second kappa shape index (κ2) is 5.75. The molecule has 0 saturated carbocycles. The first kappa shape index (κ1) is 14.7. The Morgan fingerprint density at radius 1 is 1.45 bits per heavy atom. The van der Waals surface area contributed by atoms with Crippen LogP contribution in [0.3, 0.4) is 0 Å². The van der Waals surface area contributed by atoms with Gasteiger partial charge in [0, 0.05) is 12.7 Å². The first-order valence-electron chi connectivity index (χ1n) is 6.32. The Morgan fingerprint density at radius 3 is 2.80 bits per heavy atom. The molecule has 1 atom stereocenters. The molecule has 0 radical (unpaired) electrons. The van der Waals surface area contributed by atoms with E-state index in [4.69, 9.17) is 0 Å². The molecule has 0 fully saturated rings. The molecular formula is C14H16FNO3S. The van der Waals surface area contributed by atoms with Crippen LogP contribution in [0.2, 0.25) is 0 Å². The highest BCUT2D eigenvalue weighted by Crippen LogP contribution is 2.23. The Hall–Kier alpha value is -1.69. The van der Waals surface area contributed by atoms with E-state index in [1.807, 2.05) is 12.2 Å². The molecule has 1 aliphatic rings. The second-order valence-corrected chi connectivity index (χ2v) is 6.95. The zero-order valence-electron chi connectivity index (χ0n) is 11.1. The van der Waals surface area contributed by atoms with Crippen molar-refractivity contribution in [3.8, 4) is 0 Å². The Kier molecular flexibility index (Phi) is 4.23. The van der Waals surface area contributed by atoms with Gasteiger partial charge in [-0.05, 0) is 37.0 Å². The third kappa shape index (κ3) is 3.66. The lowest BCUT2D eigenvalue weighted by molar-refractivity contribution is -0.116. The summed E-state index contributed by atoms with van der Waals surface area (Å²) in [6, 6.07) is 3.37. The number of carbonyl (C=O) groups excluding carboxylic acids is 1. The molecule has 4 nitrogen and oxygen atoms in total. The van der Waals surface area contributed by atoms with Gasteiger partial charge >= 0.3 is 0 Å². The molecule has 1 N–H and O–H groups in total. The molecule has 6 heteroatoms. The van der Waals surface area contributed by atoms with Gasteiger partial charge in [0.05, 0.1) is 10.6 Å². The van der Waals surface area contributed by atoms with Crippen LogP contribution in [0.15, 0.2) is 35.2 Å². The average Bonchev–Trinajstić information content (AvgIpc) is 2.83. The van der Waals surface area contributed by atoms with Crippen molar-refractivity contribution < 1.29 is 17.6 Å². The number of sulfone groups is 1. The molecule has 2 rings (SSSR count). The van der Waals surface area contributed by atoms with Gasteiger partial charge in [-0.15, -0.1) is 0 Å². The molecule has 20 heavy (non-hydrogen) atoms. The lowest BCUT2D eigenvalue weighted by Crippen LogP contribution is -2.16. The summed E-state index contributed by atoms with van der Waals surface area (Å²) in [6.07, 6.45) is 7.18. The largest absolute Gasteiger partial charge is 0.324 e. The fourth-order valence-electron chi connectivity index (χ4n) is 2.14. The van der Waals surface area contributed by atoms with Crippen molar-refractivity contribution in [1.29, 1.82) is 0 Å². The Morgan fingerprint density at radius 2 is 2.20 bits per heavy atom. The predicted molar refractivity (Wildman–Crippen MR) is 74.6 cm³/mol. The maximum absolute atomic E-state index is 13.6. The molecule has 1 aromatic rings. The average molecular weight is 297 g/mol. The van der Waals surface area contributed by atoms with Gasteiger partial charge in [0.1, 0.15) is 5.82 Å². The summed E-state index contributed by atoms with van der Waals surface area (Å²) in [6.45, 7) is 0. The van der Waals surface area contributed by atoms with Gasteiger partial charge in [0.25, 0.3) is 0 Å². The van der Waals surface area contributed by atoms with Gasteiger partial charge in [0.15, 0.2) is 9.84 Å². The lowest BCUT2D eigenvalue weighted by atomic mass is 10.1. The zero-order chi connectivity index (χ0) is 14.8. The van der Waals surface area contributed by atoms with Crippen LogP contribution >= 0.6 is 0 Å². The number of benzene rings is 1. The molecule has 0 aromatic heterocycles. The highest BCUT2D eigenvalue weighted by molar-refractivity contribution is 7.90. The van der Waals surface area contributed by atoms with Crippen LogP contribution in [-0.2, 0) is 14.6 Å². The van der Waals surface area contributed by atoms with Gasteiger partial charge in [0.2, 0.25) is 5.91 Å². The molecule has 1 aromatic carbocycles. The van der Waals surface area contributed by atoms with E-state index < -0.39 is 15.7 Å². The molecule has 0 bridgehead atoms. The van der Waals surface area contributed by atoms with Crippen LogP contribution in [0.5, 0.6) is 0 Å². The number of anilines is 1. The molecule has 0 saturated heterocycles. The third-order valence-corrected chi connectivity index (χ3v) is 4.31. The van der Waals surface area contributed by atoms with Crippen LogP contribution in [0.25, 0.3) is 0 Å². The first-order chi connectivity index (χ1) is 9.36. The molecule has 0 heterocycles. The molecule has 1 aliphatic carbocycles. The summed E-state index contributed by atoms with van der Waals surface area (Å²) in [7, 11) is -3.43. The molecule has 1 amide bonds. The number of hydrogen-bond acceptors (Lipinski definition) is 3. The monoisotopic (exact) mass is 297 g/mol. The number of allylic oxidation sites excluding steroid dienone is 2. The van der Waals surface area contributed by atoms with Crippen molar-refractivity contribution in [2.75, 3.05) is 11.6 Å². The SMILES string of the molecule is CS(=O)(=O)c1ccc(F)c(NC(=O)C[C@H]2C=CCC2)c1. The van der Waals surface area contributed by atoms with Crippen molar-refractivity contribution in [2.24, 2.45) is 5.92 Å². The van der Waals surface area contributed by atoms with Gasteiger partial charge in [-0.1, -0.05) is 12.2 Å². The van der Waals surface area contributed by atoms with Crippen molar-refractivity contribution >= 4 is 21.4 Å². The van der Waals surface area contributed by atoms with Gasteiger partial charge in [-0.3, -0.25) is 4.79 Å². The number of nitrogens with one attached hydrogen (secondary N) is 1. The highest BCUT2D eigenvalue weighted by Gasteiger charge is 2.16. The normalized spacial score (nSPS) is 18.2. The van der Waals surface area contributed by atoms with Crippen LogP contribution in [0.4, 0.5) is 10.1 Å². The zero-order valence-corrected chi connectivity index (χ0v) is 11.9. The van der Waals surface area contributed by atoms with Crippen molar-refractivity contribution in [2.45, 2.75) is 24.2 Å². The molecular weight excluding hydrogens is 281 g/mol. The van der Waals surface area contributed by atoms with Gasteiger partial charge < -0.3 is 5.32 Å². The second-order valence-electron chi connectivity index (χ2n) is 4.93. The van der Waals surface area contributed by atoms with E-state index in [1.165, 1.54) is 6.07 Å². The fraction of sp³-hybridized carbons (Fsp3) is 0.357. The Bertz CT molecular complexity index is 652. The molecule has 0 unspecified atom stereocenters. The van der Waals surface area contributed by atoms with E-state index in [9.17, 15) is 17.6 Å². The summed E-state index contributed by atoms with van der Waals surface area (Å²) in [5.41, 5.74) is -0.0973. The van der Waals surface area contributed by atoms with Crippen molar-refractivity contribution in [1.82, 2.24) is 0 Å². The predicted octanol–water partition coefficient (Wildman–Crippen LogP) is 2.52. The van der Waals surface area contributed by atoms with Crippen LogP contribution in [-0.4, -0.2) is 20.6 Å². The topological polar surface area (TPSA) is 63.2 Å². The first-order valence-corrected chi connectivity index (χ1v) is 8.21. The quantitative estimate of drug-likeness (QED) is 0.686. The number of amides is 1. The van der Waals surface area contributed by atoms with Crippen LogP contribution in [0, 0.1) is 11.7 Å². The van der Waals surface area contributed by atoms with Crippen molar-refractivity contribution in [3.63, 3.8) is 0 Å². The van der Waals surface area contributed by atoms with Crippen LogP contribution in [0.1, 0.15) is 19.3 Å². The summed E-state index contributed by atoms with van der Waals surface area (Å²) >= 11 is 0. The maximum atomic E-state index is 13.6. The minimum Gasteiger partial charge on any atom is -0.324 e. The fourth-order valence-corrected chi connectivity index (χ4v) is 2.78. The number of hydrogen-bond donors (Lipinski definition) is 1. The standard InChI is InChI=1S/C14H16FNO3S/c1-20(18,19)11-6-7-12(15)13(9-11)16-14(17)8-10-4-2-3-5-10/h2,4,6-7,9-10H,3,5,8H2,1H3,(H,16,17)/t10-/m0/s1. The van der Waals surface area contributed by atoms with E-state index in [2.05, 4.69) is 5.32 Å². The van der Waals surface area contributed by atoms with E-state index in [0.29, 0.717) is 0 Å². The third-order valence-electron chi connectivity index (χ3n) is 3.20. The van der Waals surface area contributed by atoms with Gasteiger partial charge in [-0.25, -0.2) is 12.8 Å². The highest BCUT2D eigenvalue weighted by atomic mass is 32.2. The van der Waals surface area contributed by atoms with E-state index >= 15 is 0 Å². The number of rotatable bonds is 4. The Labute approximate surface area is 117 Å². The minimum absolute atomic E-state index is 0.0186. The van der Waals surface area contributed by atoms with Gasteiger partial charge in [-0.2, -0.15) is 0 Å². The summed E-state index contributed by atoms with van der Waals surface area (Å²) in [5.74, 6) is -0.782. The van der Waals surface area contributed by atoms with E-state index in [0.717, 1.165) is 31.2 Å². The summed E-state index contributed by atoms with van der Waals surface area (Å²) < 4.78 is 36.4. The lowest BCUT2D eigenvalue weighted by Gasteiger charge is -2.10. The smallest absolute Gasteiger partial charge is 0.225 e. The maximum Gasteiger partial charge on any atom is 0.225 e. The van der Waals surface area contributed by atoms with Crippen molar-refractivity contribution in [3.05, 3.63) is 36.2 Å².